The summed E-state index contributed by atoms with van der Waals surface area (Å²) >= 11 is 6.13. The SMILES string of the molecule is CCCOCCCNc1nc(C(C)C)nc(Cl)c1C. The molecule has 1 aromatic heterocycles. The lowest BCUT2D eigenvalue weighted by Crippen LogP contribution is -2.11. The molecular formula is C14H24ClN3O. The van der Waals surface area contributed by atoms with E-state index in [4.69, 9.17) is 16.3 Å². The number of anilines is 1. The molecule has 0 unspecified atom stereocenters. The maximum Gasteiger partial charge on any atom is 0.137 e. The fourth-order valence-electron chi connectivity index (χ4n) is 1.56. The number of nitrogens with zero attached hydrogens (tertiary/aromatic N) is 2. The molecule has 0 saturated carbocycles. The van der Waals surface area contributed by atoms with Crippen molar-refractivity contribution in [1.29, 1.82) is 0 Å². The van der Waals surface area contributed by atoms with Crippen molar-refractivity contribution < 1.29 is 4.74 Å². The molecule has 0 fully saturated rings. The van der Waals surface area contributed by atoms with Gasteiger partial charge >= 0.3 is 0 Å². The van der Waals surface area contributed by atoms with Gasteiger partial charge in [0.25, 0.3) is 0 Å². The van der Waals surface area contributed by atoms with E-state index in [1.54, 1.807) is 0 Å². The molecular weight excluding hydrogens is 262 g/mol. The summed E-state index contributed by atoms with van der Waals surface area (Å²) < 4.78 is 5.44. The fourth-order valence-corrected chi connectivity index (χ4v) is 1.74. The molecule has 0 spiro atoms. The van der Waals surface area contributed by atoms with E-state index < -0.39 is 0 Å². The van der Waals surface area contributed by atoms with E-state index >= 15 is 0 Å². The summed E-state index contributed by atoms with van der Waals surface area (Å²) in [6.45, 7) is 10.6. The Hall–Kier alpha value is -0.870. The zero-order valence-corrected chi connectivity index (χ0v) is 13.0. The number of aromatic nitrogens is 2. The van der Waals surface area contributed by atoms with Crippen molar-refractivity contribution in [3.8, 4) is 0 Å². The molecule has 0 amide bonds. The Balaban J connectivity index is 2.52. The Labute approximate surface area is 120 Å². The number of hydrogen-bond acceptors (Lipinski definition) is 4. The van der Waals surface area contributed by atoms with Gasteiger partial charge in [0.1, 0.15) is 16.8 Å². The molecule has 19 heavy (non-hydrogen) atoms. The monoisotopic (exact) mass is 285 g/mol. The standard InChI is InChI=1S/C14H24ClN3O/c1-5-8-19-9-6-7-16-14-11(4)12(15)17-13(18-14)10(2)3/h10H,5-9H2,1-4H3,(H,16,17,18). The highest BCUT2D eigenvalue weighted by atomic mass is 35.5. The van der Waals surface area contributed by atoms with Crippen LogP contribution in [0.15, 0.2) is 0 Å². The lowest BCUT2D eigenvalue weighted by molar-refractivity contribution is 0.134. The van der Waals surface area contributed by atoms with Gasteiger partial charge in [-0.1, -0.05) is 32.4 Å². The van der Waals surface area contributed by atoms with Crippen molar-refractivity contribution in [2.45, 2.75) is 46.5 Å². The molecule has 1 heterocycles. The Morgan fingerprint density at radius 1 is 1.26 bits per heavy atom. The summed E-state index contributed by atoms with van der Waals surface area (Å²) in [6.07, 6.45) is 2.02. The maximum absolute atomic E-state index is 6.13. The first-order valence-electron chi connectivity index (χ1n) is 6.91. The number of rotatable bonds is 8. The summed E-state index contributed by atoms with van der Waals surface area (Å²) in [5, 5.41) is 3.84. The van der Waals surface area contributed by atoms with Crippen LogP contribution in [0.4, 0.5) is 5.82 Å². The fraction of sp³-hybridized carbons (Fsp3) is 0.714. The van der Waals surface area contributed by atoms with Gasteiger partial charge in [-0.05, 0) is 19.8 Å². The molecule has 0 saturated heterocycles. The quantitative estimate of drug-likeness (QED) is 0.583. The summed E-state index contributed by atoms with van der Waals surface area (Å²) in [6, 6.07) is 0. The zero-order valence-electron chi connectivity index (χ0n) is 12.3. The van der Waals surface area contributed by atoms with Gasteiger partial charge in [0, 0.05) is 31.2 Å². The summed E-state index contributed by atoms with van der Waals surface area (Å²) in [5.74, 6) is 1.88. The van der Waals surface area contributed by atoms with Crippen molar-refractivity contribution in [2.75, 3.05) is 25.1 Å². The highest BCUT2D eigenvalue weighted by molar-refractivity contribution is 6.30. The van der Waals surface area contributed by atoms with Crippen LogP contribution >= 0.6 is 11.6 Å². The van der Waals surface area contributed by atoms with Crippen LogP contribution in [0.25, 0.3) is 0 Å². The molecule has 0 aliphatic rings. The highest BCUT2D eigenvalue weighted by Crippen LogP contribution is 2.22. The van der Waals surface area contributed by atoms with Crippen LogP contribution in [0, 0.1) is 6.92 Å². The van der Waals surface area contributed by atoms with Crippen LogP contribution in [0.2, 0.25) is 5.15 Å². The van der Waals surface area contributed by atoms with Crippen LogP contribution in [0.3, 0.4) is 0 Å². The molecule has 0 aliphatic heterocycles. The highest BCUT2D eigenvalue weighted by Gasteiger charge is 2.11. The van der Waals surface area contributed by atoms with E-state index in [1.807, 2.05) is 6.92 Å². The predicted molar refractivity (Wildman–Crippen MR) is 80.1 cm³/mol. The van der Waals surface area contributed by atoms with Crippen LogP contribution < -0.4 is 5.32 Å². The molecule has 0 atom stereocenters. The van der Waals surface area contributed by atoms with Crippen molar-refractivity contribution in [3.05, 3.63) is 16.5 Å². The summed E-state index contributed by atoms with van der Waals surface area (Å²) in [7, 11) is 0. The first kappa shape index (κ1) is 16.2. The molecule has 0 aromatic carbocycles. The van der Waals surface area contributed by atoms with E-state index in [-0.39, 0.29) is 5.92 Å². The van der Waals surface area contributed by atoms with Gasteiger partial charge in [-0.25, -0.2) is 9.97 Å². The third-order valence-electron chi connectivity index (χ3n) is 2.73. The normalized spacial score (nSPS) is 11.1. The van der Waals surface area contributed by atoms with Crippen molar-refractivity contribution >= 4 is 17.4 Å². The van der Waals surface area contributed by atoms with Crippen molar-refractivity contribution in [3.63, 3.8) is 0 Å². The molecule has 0 radical (unpaired) electrons. The van der Waals surface area contributed by atoms with Gasteiger partial charge in [-0.3, -0.25) is 0 Å². The minimum atomic E-state index is 0.270. The van der Waals surface area contributed by atoms with Gasteiger partial charge in [0.2, 0.25) is 0 Å². The topological polar surface area (TPSA) is 47.0 Å². The van der Waals surface area contributed by atoms with Crippen molar-refractivity contribution in [2.24, 2.45) is 0 Å². The number of nitrogens with one attached hydrogen (secondary N) is 1. The molecule has 1 N–H and O–H groups in total. The third kappa shape index (κ3) is 5.33. The van der Waals surface area contributed by atoms with Gasteiger partial charge < -0.3 is 10.1 Å². The second-order valence-corrected chi connectivity index (χ2v) is 5.25. The minimum absolute atomic E-state index is 0.270. The predicted octanol–water partition coefficient (Wildman–Crippen LogP) is 3.79. The van der Waals surface area contributed by atoms with Gasteiger partial charge in [-0.2, -0.15) is 0 Å². The van der Waals surface area contributed by atoms with E-state index in [2.05, 4.69) is 36.1 Å². The van der Waals surface area contributed by atoms with Crippen LogP contribution in [-0.4, -0.2) is 29.7 Å². The second-order valence-electron chi connectivity index (χ2n) is 4.89. The first-order chi connectivity index (χ1) is 9.06. The average Bonchev–Trinajstić information content (AvgIpc) is 2.37. The minimum Gasteiger partial charge on any atom is -0.381 e. The Kier molecular flexibility index (Phi) is 7.10. The first-order valence-corrected chi connectivity index (χ1v) is 7.29. The van der Waals surface area contributed by atoms with Gasteiger partial charge in [-0.15, -0.1) is 0 Å². The number of ether oxygens (including phenoxy) is 1. The van der Waals surface area contributed by atoms with E-state index in [0.717, 1.165) is 49.8 Å². The Bertz CT molecular complexity index is 397. The van der Waals surface area contributed by atoms with E-state index in [1.165, 1.54) is 0 Å². The molecule has 0 aliphatic carbocycles. The Morgan fingerprint density at radius 2 is 2.00 bits per heavy atom. The molecule has 1 rings (SSSR count). The molecule has 108 valence electrons. The van der Waals surface area contributed by atoms with Crippen LogP contribution in [0.5, 0.6) is 0 Å². The number of halogens is 1. The lowest BCUT2D eigenvalue weighted by atomic mass is 10.2. The van der Waals surface area contributed by atoms with E-state index in [0.29, 0.717) is 5.15 Å². The average molecular weight is 286 g/mol. The second kappa shape index (κ2) is 8.33. The van der Waals surface area contributed by atoms with E-state index in [9.17, 15) is 0 Å². The smallest absolute Gasteiger partial charge is 0.137 e. The maximum atomic E-state index is 6.13. The van der Waals surface area contributed by atoms with Gasteiger partial charge in [0.05, 0.1) is 0 Å². The van der Waals surface area contributed by atoms with Crippen molar-refractivity contribution in [1.82, 2.24) is 9.97 Å². The van der Waals surface area contributed by atoms with Gasteiger partial charge in [0.15, 0.2) is 0 Å². The molecule has 4 nitrogen and oxygen atoms in total. The number of hydrogen-bond donors (Lipinski definition) is 1. The largest absolute Gasteiger partial charge is 0.381 e. The summed E-state index contributed by atoms with van der Waals surface area (Å²) in [5.41, 5.74) is 0.903. The molecule has 5 heteroatoms. The molecule has 0 bridgehead atoms. The molecule has 1 aromatic rings. The zero-order chi connectivity index (χ0) is 14.3. The Morgan fingerprint density at radius 3 is 2.63 bits per heavy atom. The van der Waals surface area contributed by atoms with Crippen LogP contribution in [0.1, 0.15) is 50.9 Å². The third-order valence-corrected chi connectivity index (χ3v) is 3.09. The summed E-state index contributed by atoms with van der Waals surface area (Å²) in [4.78, 5) is 8.81. The van der Waals surface area contributed by atoms with Crippen LogP contribution in [-0.2, 0) is 4.74 Å². The lowest BCUT2D eigenvalue weighted by Gasteiger charge is -2.12.